The lowest BCUT2D eigenvalue weighted by Gasteiger charge is -2.11. The molecule has 0 amide bonds. The summed E-state index contributed by atoms with van der Waals surface area (Å²) in [5.41, 5.74) is 8.27. The Bertz CT molecular complexity index is 527. The van der Waals surface area contributed by atoms with Crippen LogP contribution in [0.3, 0.4) is 0 Å². The molecule has 2 nitrogen and oxygen atoms in total. The van der Waals surface area contributed by atoms with E-state index < -0.39 is 0 Å². The number of hydrogen-bond donors (Lipinski definition) is 1. The van der Waals surface area contributed by atoms with Gasteiger partial charge < -0.3 is 5.73 Å². The molecule has 2 N–H and O–H groups in total. The first-order chi connectivity index (χ1) is 8.06. The van der Waals surface area contributed by atoms with Crippen LogP contribution in [0.25, 0.3) is 0 Å². The molecule has 0 aliphatic heterocycles. The fourth-order valence-corrected chi connectivity index (χ4v) is 2.90. The van der Waals surface area contributed by atoms with E-state index in [2.05, 4.69) is 27.6 Å². The van der Waals surface area contributed by atoms with Crippen molar-refractivity contribution in [2.24, 2.45) is 5.73 Å². The smallest absolute Gasteiger partial charge is 0.0947 e. The van der Waals surface area contributed by atoms with Crippen LogP contribution in [0, 0.1) is 10.5 Å². The third-order valence-electron chi connectivity index (χ3n) is 2.43. The van der Waals surface area contributed by atoms with E-state index >= 15 is 0 Å². The van der Waals surface area contributed by atoms with Crippen LogP contribution in [0.4, 0.5) is 0 Å². The minimum absolute atomic E-state index is 0.0463. The number of aromatic nitrogens is 1. The fraction of sp³-hybridized carbons (Fsp3) is 0.250. The molecule has 0 fully saturated rings. The Morgan fingerprint density at radius 3 is 2.88 bits per heavy atom. The minimum atomic E-state index is -0.0463. The first-order valence-corrected chi connectivity index (χ1v) is 7.51. The lowest BCUT2D eigenvalue weighted by Crippen LogP contribution is -2.13. The quantitative estimate of drug-likeness (QED) is 0.821. The monoisotopic (exact) mass is 378 g/mol. The van der Waals surface area contributed by atoms with Crippen LogP contribution in [0.15, 0.2) is 23.6 Å². The lowest BCUT2D eigenvalue weighted by atomic mass is 10.1. The molecule has 0 spiro atoms. The first kappa shape index (κ1) is 13.3. The Hall–Kier alpha value is -0.170. The molecule has 0 radical (unpaired) electrons. The molecular formula is C12H12ClIN2S. The van der Waals surface area contributed by atoms with Gasteiger partial charge in [-0.2, -0.15) is 0 Å². The van der Waals surface area contributed by atoms with Gasteiger partial charge in [-0.25, -0.2) is 4.98 Å². The van der Waals surface area contributed by atoms with E-state index in [-0.39, 0.29) is 6.04 Å². The normalized spacial score (nSPS) is 12.7. The van der Waals surface area contributed by atoms with Crippen molar-refractivity contribution in [2.45, 2.75) is 19.4 Å². The van der Waals surface area contributed by atoms with Crippen LogP contribution < -0.4 is 5.73 Å². The van der Waals surface area contributed by atoms with Crippen LogP contribution in [-0.2, 0) is 6.42 Å². The zero-order chi connectivity index (χ0) is 12.4. The largest absolute Gasteiger partial charge is 0.324 e. The van der Waals surface area contributed by atoms with Crippen molar-refractivity contribution in [1.82, 2.24) is 4.98 Å². The molecule has 2 aromatic rings. The maximum absolute atomic E-state index is 6.16. The Morgan fingerprint density at radius 1 is 1.53 bits per heavy atom. The first-order valence-electron chi connectivity index (χ1n) is 5.18. The molecule has 0 aliphatic rings. The number of benzene rings is 1. The zero-order valence-electron chi connectivity index (χ0n) is 9.28. The molecule has 90 valence electrons. The molecule has 1 atom stereocenters. The molecule has 1 unspecified atom stereocenters. The molecule has 1 aromatic carbocycles. The van der Waals surface area contributed by atoms with Gasteiger partial charge in [0.15, 0.2) is 0 Å². The predicted octanol–water partition coefficient (Wildman–Crippen LogP) is 3.95. The van der Waals surface area contributed by atoms with E-state index in [4.69, 9.17) is 17.3 Å². The second-order valence-corrected chi connectivity index (χ2v) is 6.38. The molecule has 2 rings (SSSR count). The van der Waals surface area contributed by atoms with Gasteiger partial charge in [0.25, 0.3) is 0 Å². The molecule has 0 saturated carbocycles. The van der Waals surface area contributed by atoms with Gasteiger partial charge in [0.1, 0.15) is 0 Å². The molecule has 17 heavy (non-hydrogen) atoms. The van der Waals surface area contributed by atoms with Crippen molar-refractivity contribution in [3.05, 3.63) is 48.4 Å². The lowest BCUT2D eigenvalue weighted by molar-refractivity contribution is 0.716. The summed E-state index contributed by atoms with van der Waals surface area (Å²) in [6.07, 6.45) is 0.759. The topological polar surface area (TPSA) is 38.9 Å². The Balaban J connectivity index is 2.14. The Morgan fingerprint density at radius 2 is 2.29 bits per heavy atom. The summed E-state index contributed by atoms with van der Waals surface area (Å²) in [6.45, 7) is 1.99. The number of rotatable bonds is 3. The highest BCUT2D eigenvalue weighted by atomic mass is 127. The van der Waals surface area contributed by atoms with Crippen LogP contribution in [0.1, 0.15) is 22.3 Å². The van der Waals surface area contributed by atoms with Crippen LogP contribution >= 0.6 is 45.5 Å². The van der Waals surface area contributed by atoms with E-state index in [1.165, 1.54) is 0 Å². The maximum Gasteiger partial charge on any atom is 0.0947 e. The third-order valence-corrected chi connectivity index (χ3v) is 4.99. The standard InChI is InChI=1S/C12H12ClIN2S/c1-7-6-17-12(16-7)5-11(15)8-2-3-10(14)9(13)4-8/h2-4,6,11H,5,15H2,1H3. The molecule has 0 saturated heterocycles. The number of halogens is 2. The van der Waals surface area contributed by atoms with Crippen molar-refractivity contribution < 1.29 is 0 Å². The molecule has 0 bridgehead atoms. The highest BCUT2D eigenvalue weighted by Gasteiger charge is 2.11. The molecule has 1 heterocycles. The van der Waals surface area contributed by atoms with Crippen molar-refractivity contribution >= 4 is 45.5 Å². The average molecular weight is 379 g/mol. The van der Waals surface area contributed by atoms with Gasteiger partial charge in [-0.3, -0.25) is 0 Å². The molecule has 1 aromatic heterocycles. The second-order valence-electron chi connectivity index (χ2n) is 3.87. The predicted molar refractivity (Wildman–Crippen MR) is 81.7 cm³/mol. The average Bonchev–Trinajstić information content (AvgIpc) is 2.68. The summed E-state index contributed by atoms with van der Waals surface area (Å²) in [4.78, 5) is 4.42. The van der Waals surface area contributed by atoms with Crippen molar-refractivity contribution in [2.75, 3.05) is 0 Å². The number of hydrogen-bond acceptors (Lipinski definition) is 3. The highest BCUT2D eigenvalue weighted by molar-refractivity contribution is 14.1. The van der Waals surface area contributed by atoms with Crippen molar-refractivity contribution in [3.8, 4) is 0 Å². The summed E-state index contributed by atoms with van der Waals surface area (Å²) >= 11 is 9.95. The highest BCUT2D eigenvalue weighted by Crippen LogP contribution is 2.24. The second kappa shape index (κ2) is 5.65. The van der Waals surface area contributed by atoms with Gasteiger partial charge in [-0.15, -0.1) is 11.3 Å². The molecule has 0 aliphatic carbocycles. The maximum atomic E-state index is 6.16. The van der Waals surface area contributed by atoms with Crippen LogP contribution in [0.2, 0.25) is 5.02 Å². The Kier molecular flexibility index (Phi) is 4.41. The summed E-state index contributed by atoms with van der Waals surface area (Å²) in [5, 5.41) is 3.88. The van der Waals surface area contributed by atoms with E-state index in [1.807, 2.05) is 30.5 Å². The summed E-state index contributed by atoms with van der Waals surface area (Å²) < 4.78 is 1.05. The molecular weight excluding hydrogens is 367 g/mol. The number of thiazole rings is 1. The van der Waals surface area contributed by atoms with Crippen molar-refractivity contribution in [3.63, 3.8) is 0 Å². The van der Waals surface area contributed by atoms with E-state index in [0.717, 1.165) is 31.3 Å². The van der Waals surface area contributed by atoms with Gasteiger partial charge in [0.2, 0.25) is 0 Å². The van der Waals surface area contributed by atoms with Crippen LogP contribution in [-0.4, -0.2) is 4.98 Å². The number of aryl methyl sites for hydroxylation is 1. The SMILES string of the molecule is Cc1csc(CC(N)c2ccc(I)c(Cl)c2)n1. The summed E-state index contributed by atoms with van der Waals surface area (Å²) in [5.74, 6) is 0. The summed E-state index contributed by atoms with van der Waals surface area (Å²) in [6, 6.07) is 5.91. The molecule has 5 heteroatoms. The van der Waals surface area contributed by atoms with E-state index in [9.17, 15) is 0 Å². The van der Waals surface area contributed by atoms with E-state index in [1.54, 1.807) is 11.3 Å². The Labute approximate surface area is 123 Å². The minimum Gasteiger partial charge on any atom is -0.324 e. The van der Waals surface area contributed by atoms with Gasteiger partial charge >= 0.3 is 0 Å². The fourth-order valence-electron chi connectivity index (χ4n) is 1.55. The van der Waals surface area contributed by atoms with Crippen LogP contribution in [0.5, 0.6) is 0 Å². The number of nitrogens with two attached hydrogens (primary N) is 1. The van der Waals surface area contributed by atoms with Gasteiger partial charge in [-0.1, -0.05) is 17.7 Å². The van der Waals surface area contributed by atoms with E-state index in [0.29, 0.717) is 0 Å². The summed E-state index contributed by atoms with van der Waals surface area (Å²) in [7, 11) is 0. The van der Waals surface area contributed by atoms with Gasteiger partial charge in [0.05, 0.1) is 10.0 Å². The number of nitrogens with zero attached hydrogens (tertiary/aromatic N) is 1. The van der Waals surface area contributed by atoms with Crippen molar-refractivity contribution in [1.29, 1.82) is 0 Å². The third kappa shape index (κ3) is 3.40. The van der Waals surface area contributed by atoms with Gasteiger partial charge in [0, 0.05) is 27.1 Å². The van der Waals surface area contributed by atoms with Gasteiger partial charge in [-0.05, 0) is 47.2 Å². The zero-order valence-corrected chi connectivity index (χ0v) is 13.0.